The second kappa shape index (κ2) is 5.77. The van der Waals surface area contributed by atoms with E-state index in [1.165, 1.54) is 16.2 Å². The van der Waals surface area contributed by atoms with Crippen molar-refractivity contribution in [2.75, 3.05) is 11.5 Å². The Kier molecular flexibility index (Phi) is 4.19. The van der Waals surface area contributed by atoms with Gasteiger partial charge in [-0.1, -0.05) is 17.7 Å². The van der Waals surface area contributed by atoms with Crippen molar-refractivity contribution < 1.29 is 8.42 Å². The fourth-order valence-corrected chi connectivity index (χ4v) is 6.11. The number of rotatable bonds is 4. The molecule has 108 valence electrons. The fourth-order valence-electron chi connectivity index (χ4n) is 2.41. The van der Waals surface area contributed by atoms with E-state index in [0.717, 1.165) is 9.21 Å². The minimum absolute atomic E-state index is 0.0213. The van der Waals surface area contributed by atoms with Gasteiger partial charge in [0.2, 0.25) is 0 Å². The van der Waals surface area contributed by atoms with Gasteiger partial charge in [0.15, 0.2) is 9.84 Å². The lowest BCUT2D eigenvalue weighted by atomic mass is 10.1. The lowest BCUT2D eigenvalue weighted by Crippen LogP contribution is -2.33. The molecule has 0 amide bonds. The van der Waals surface area contributed by atoms with Crippen LogP contribution in [-0.4, -0.2) is 26.0 Å². The van der Waals surface area contributed by atoms with E-state index in [-0.39, 0.29) is 23.6 Å². The molecule has 1 aliphatic heterocycles. The quantitative estimate of drug-likeness (QED) is 0.922. The molecule has 0 aliphatic carbocycles. The van der Waals surface area contributed by atoms with Crippen molar-refractivity contribution in [2.24, 2.45) is 0 Å². The van der Waals surface area contributed by atoms with Gasteiger partial charge in [-0.15, -0.1) is 22.7 Å². The van der Waals surface area contributed by atoms with E-state index >= 15 is 0 Å². The Hall–Kier alpha value is -0.400. The Morgan fingerprint density at radius 1 is 1.30 bits per heavy atom. The normalized spacial score (nSPS) is 22.9. The van der Waals surface area contributed by atoms with Crippen LogP contribution in [-0.2, 0) is 9.84 Å². The first-order chi connectivity index (χ1) is 9.53. The van der Waals surface area contributed by atoms with Crippen LogP contribution in [0.4, 0.5) is 0 Å². The van der Waals surface area contributed by atoms with E-state index in [2.05, 4.69) is 11.4 Å². The minimum atomic E-state index is -2.87. The first kappa shape index (κ1) is 14.5. The van der Waals surface area contributed by atoms with E-state index in [4.69, 9.17) is 11.6 Å². The summed E-state index contributed by atoms with van der Waals surface area (Å²) in [7, 11) is -2.87. The largest absolute Gasteiger partial charge is 0.301 e. The molecule has 0 saturated carbocycles. The number of hydrogen-bond donors (Lipinski definition) is 1. The third kappa shape index (κ3) is 3.26. The van der Waals surface area contributed by atoms with Gasteiger partial charge >= 0.3 is 0 Å². The molecule has 3 nitrogen and oxygen atoms in total. The Morgan fingerprint density at radius 2 is 2.15 bits per heavy atom. The number of hydrogen-bond acceptors (Lipinski definition) is 5. The first-order valence-corrected chi connectivity index (χ1v) is 10.2. The van der Waals surface area contributed by atoms with Crippen LogP contribution in [0.25, 0.3) is 0 Å². The van der Waals surface area contributed by atoms with Gasteiger partial charge in [0.05, 0.1) is 21.9 Å². The van der Waals surface area contributed by atoms with Gasteiger partial charge in [0.1, 0.15) is 0 Å². The van der Waals surface area contributed by atoms with Crippen molar-refractivity contribution in [1.29, 1.82) is 0 Å². The van der Waals surface area contributed by atoms with Crippen molar-refractivity contribution in [3.63, 3.8) is 0 Å². The van der Waals surface area contributed by atoms with Crippen LogP contribution in [0, 0.1) is 0 Å². The van der Waals surface area contributed by atoms with Crippen molar-refractivity contribution in [2.45, 2.75) is 18.5 Å². The lowest BCUT2D eigenvalue weighted by molar-refractivity contribution is 0.513. The zero-order valence-electron chi connectivity index (χ0n) is 10.6. The molecule has 7 heteroatoms. The average Bonchev–Trinajstić information content (AvgIpc) is 3.08. The second-order valence-electron chi connectivity index (χ2n) is 4.86. The van der Waals surface area contributed by atoms with Crippen molar-refractivity contribution in [3.8, 4) is 0 Å². The molecule has 1 N–H and O–H groups in total. The Bertz CT molecular complexity index is 678. The van der Waals surface area contributed by atoms with Gasteiger partial charge in [-0.2, -0.15) is 0 Å². The fraction of sp³-hybridized carbons (Fsp3) is 0.385. The molecule has 1 saturated heterocycles. The van der Waals surface area contributed by atoms with Crippen LogP contribution in [0.2, 0.25) is 4.34 Å². The third-order valence-corrected chi connectivity index (χ3v) is 7.34. The van der Waals surface area contributed by atoms with E-state index in [1.54, 1.807) is 11.3 Å². The number of nitrogens with one attached hydrogen (secondary N) is 1. The van der Waals surface area contributed by atoms with Crippen LogP contribution in [0.15, 0.2) is 29.6 Å². The predicted octanol–water partition coefficient (Wildman–Crippen LogP) is 3.33. The van der Waals surface area contributed by atoms with E-state index in [0.29, 0.717) is 6.42 Å². The highest BCUT2D eigenvalue weighted by molar-refractivity contribution is 7.91. The zero-order chi connectivity index (χ0) is 14.2. The van der Waals surface area contributed by atoms with Crippen molar-refractivity contribution >= 4 is 44.1 Å². The average molecular weight is 348 g/mol. The van der Waals surface area contributed by atoms with Gasteiger partial charge in [-0.25, -0.2) is 8.42 Å². The maximum absolute atomic E-state index is 11.6. The van der Waals surface area contributed by atoms with E-state index in [9.17, 15) is 8.42 Å². The van der Waals surface area contributed by atoms with Crippen molar-refractivity contribution in [3.05, 3.63) is 43.7 Å². The molecule has 2 aromatic rings. The Labute approximate surface area is 131 Å². The molecule has 0 radical (unpaired) electrons. The van der Waals surface area contributed by atoms with Gasteiger partial charge < -0.3 is 5.32 Å². The number of halogens is 1. The predicted molar refractivity (Wildman–Crippen MR) is 85.7 cm³/mol. The summed E-state index contributed by atoms with van der Waals surface area (Å²) < 4.78 is 23.9. The number of sulfone groups is 1. The highest BCUT2D eigenvalue weighted by Crippen LogP contribution is 2.34. The monoisotopic (exact) mass is 347 g/mol. The van der Waals surface area contributed by atoms with Crippen LogP contribution in [0.3, 0.4) is 0 Å². The Balaban J connectivity index is 1.84. The van der Waals surface area contributed by atoms with Crippen LogP contribution >= 0.6 is 34.3 Å². The molecule has 0 aromatic carbocycles. The molecule has 2 unspecified atom stereocenters. The summed E-state index contributed by atoms with van der Waals surface area (Å²) in [6.07, 6.45) is 0.684. The van der Waals surface area contributed by atoms with Crippen LogP contribution in [0.1, 0.15) is 22.2 Å². The first-order valence-electron chi connectivity index (χ1n) is 6.28. The molecule has 2 atom stereocenters. The topological polar surface area (TPSA) is 46.2 Å². The van der Waals surface area contributed by atoms with Gasteiger partial charge in [-0.3, -0.25) is 0 Å². The molecular formula is C13H14ClNO2S3. The standard InChI is InChI=1S/C13H14ClNO2S3/c14-12-4-3-11(19-12)13(10-2-1-6-18-10)15-9-5-7-20(16,17)8-9/h1-4,6,9,13,15H,5,7-8H2. The summed E-state index contributed by atoms with van der Waals surface area (Å²) in [5.41, 5.74) is 0. The molecule has 20 heavy (non-hydrogen) atoms. The third-order valence-electron chi connectivity index (χ3n) is 3.34. The van der Waals surface area contributed by atoms with Gasteiger partial charge in [0.25, 0.3) is 0 Å². The zero-order valence-corrected chi connectivity index (χ0v) is 13.8. The van der Waals surface area contributed by atoms with Crippen LogP contribution < -0.4 is 5.32 Å². The summed E-state index contributed by atoms with van der Waals surface area (Å²) in [6, 6.07) is 8.02. The SMILES string of the molecule is O=S1(=O)CCC(NC(c2cccs2)c2ccc(Cl)s2)C1. The highest BCUT2D eigenvalue weighted by Gasteiger charge is 2.30. The maximum Gasteiger partial charge on any atom is 0.151 e. The van der Waals surface area contributed by atoms with Crippen LogP contribution in [0.5, 0.6) is 0 Å². The smallest absolute Gasteiger partial charge is 0.151 e. The molecular weight excluding hydrogens is 334 g/mol. The molecule has 0 bridgehead atoms. The van der Waals surface area contributed by atoms with Crippen molar-refractivity contribution in [1.82, 2.24) is 5.32 Å². The van der Waals surface area contributed by atoms with Gasteiger partial charge in [-0.05, 0) is 30.0 Å². The summed E-state index contributed by atoms with van der Waals surface area (Å²) in [6.45, 7) is 0. The summed E-state index contributed by atoms with van der Waals surface area (Å²) in [4.78, 5) is 2.31. The lowest BCUT2D eigenvalue weighted by Gasteiger charge is -2.20. The molecule has 1 aliphatic rings. The molecule has 1 fully saturated rings. The maximum atomic E-state index is 11.6. The van der Waals surface area contributed by atoms with E-state index < -0.39 is 9.84 Å². The number of thiophene rings is 2. The minimum Gasteiger partial charge on any atom is -0.301 e. The highest BCUT2D eigenvalue weighted by atomic mass is 35.5. The molecule has 0 spiro atoms. The van der Waals surface area contributed by atoms with E-state index in [1.807, 2.05) is 23.6 Å². The van der Waals surface area contributed by atoms with Gasteiger partial charge in [0, 0.05) is 15.8 Å². The summed E-state index contributed by atoms with van der Waals surface area (Å²) in [5.74, 6) is 0.515. The molecule has 3 heterocycles. The second-order valence-corrected chi connectivity index (χ2v) is 9.81. The molecule has 2 aromatic heterocycles. The summed E-state index contributed by atoms with van der Waals surface area (Å²) in [5, 5.41) is 5.52. The summed E-state index contributed by atoms with van der Waals surface area (Å²) >= 11 is 9.23. The Morgan fingerprint density at radius 3 is 2.70 bits per heavy atom. The molecule has 3 rings (SSSR count).